The number of hydrogen-bond acceptors (Lipinski definition) is 5. The minimum Gasteiger partial charge on any atom is -0.481 e. The van der Waals surface area contributed by atoms with Crippen LogP contribution in [0.15, 0.2) is 4.52 Å². The molecule has 0 unspecified atom stereocenters. The molecule has 150 valence electrons. The van der Waals surface area contributed by atoms with Gasteiger partial charge in [0.15, 0.2) is 0 Å². The van der Waals surface area contributed by atoms with Crippen LogP contribution in [0.25, 0.3) is 0 Å². The maximum absolute atomic E-state index is 11.5. The highest BCUT2D eigenvalue weighted by Crippen LogP contribution is 2.52. The zero-order valence-electron chi connectivity index (χ0n) is 16.6. The van der Waals surface area contributed by atoms with E-state index in [4.69, 9.17) is 9.26 Å². The lowest BCUT2D eigenvalue weighted by atomic mass is 9.69. The van der Waals surface area contributed by atoms with E-state index in [1.807, 2.05) is 0 Å². The SMILES string of the molecule is COC(=O)CC[C@@H](CC(=O)O)c1noc(C2CC(CC(C)C)C2)c1C1CC1. The summed E-state index contributed by atoms with van der Waals surface area (Å²) in [6, 6.07) is 0. The first-order valence-corrected chi connectivity index (χ1v) is 10.2. The Bertz CT molecular complexity index is 670. The number of nitrogens with zero attached hydrogens (tertiary/aromatic N) is 1. The fourth-order valence-corrected chi connectivity index (χ4v) is 4.44. The van der Waals surface area contributed by atoms with Crippen molar-refractivity contribution < 1.29 is 24.0 Å². The van der Waals surface area contributed by atoms with Gasteiger partial charge >= 0.3 is 11.9 Å². The summed E-state index contributed by atoms with van der Waals surface area (Å²) in [5.74, 6) is 1.81. The van der Waals surface area contributed by atoms with Gasteiger partial charge in [-0.2, -0.15) is 0 Å². The zero-order valence-corrected chi connectivity index (χ0v) is 16.6. The van der Waals surface area contributed by atoms with Crippen LogP contribution in [-0.4, -0.2) is 29.3 Å². The van der Waals surface area contributed by atoms with Crippen molar-refractivity contribution in [2.24, 2.45) is 11.8 Å². The molecule has 1 aromatic heterocycles. The molecule has 0 aliphatic heterocycles. The number of carbonyl (C=O) groups is 2. The molecule has 2 aliphatic carbocycles. The van der Waals surface area contributed by atoms with Crippen LogP contribution >= 0.6 is 0 Å². The standard InChI is InChI=1S/C21H31NO5/c1-12(2)8-13-9-16(10-13)21-19(14-4-5-14)20(22-27-21)15(11-17(23)24)6-7-18(25)26-3/h12-16H,4-11H2,1-3H3,(H,23,24)/t13?,15-,16?/m0/s1. The number of aromatic nitrogens is 1. The third-order valence-corrected chi connectivity index (χ3v) is 5.91. The molecule has 2 saturated carbocycles. The third-order valence-electron chi connectivity index (χ3n) is 5.91. The maximum Gasteiger partial charge on any atom is 0.305 e. The number of hydrogen-bond donors (Lipinski definition) is 1. The van der Waals surface area contributed by atoms with E-state index in [1.165, 1.54) is 13.5 Å². The molecule has 0 radical (unpaired) electrons. The normalized spacial score (nSPS) is 23.1. The number of aliphatic carboxylic acids is 1. The Kier molecular flexibility index (Phi) is 6.22. The second-order valence-electron chi connectivity index (χ2n) is 8.69. The molecule has 3 rings (SSSR count). The smallest absolute Gasteiger partial charge is 0.305 e. The Balaban J connectivity index is 1.76. The molecule has 6 heteroatoms. The minimum absolute atomic E-state index is 0.0384. The van der Waals surface area contributed by atoms with Gasteiger partial charge in [0.25, 0.3) is 0 Å². The van der Waals surface area contributed by atoms with E-state index in [2.05, 4.69) is 19.0 Å². The molecule has 1 atom stereocenters. The highest BCUT2D eigenvalue weighted by molar-refractivity contribution is 5.70. The molecular formula is C21H31NO5. The molecule has 0 bridgehead atoms. The van der Waals surface area contributed by atoms with Crippen molar-refractivity contribution in [3.63, 3.8) is 0 Å². The lowest BCUT2D eigenvalue weighted by molar-refractivity contribution is -0.142. The molecule has 0 saturated heterocycles. The molecule has 0 aromatic carbocycles. The third kappa shape index (κ3) is 4.90. The first-order chi connectivity index (χ1) is 12.9. The monoisotopic (exact) mass is 377 g/mol. The van der Waals surface area contributed by atoms with Crippen molar-refractivity contribution in [3.8, 4) is 0 Å². The molecule has 1 N–H and O–H groups in total. The molecule has 2 fully saturated rings. The average Bonchev–Trinajstić information content (AvgIpc) is 3.32. The lowest BCUT2D eigenvalue weighted by Gasteiger charge is -2.35. The summed E-state index contributed by atoms with van der Waals surface area (Å²) in [4.78, 5) is 22.9. The van der Waals surface area contributed by atoms with Crippen LogP contribution in [0.2, 0.25) is 0 Å². The van der Waals surface area contributed by atoms with Crippen LogP contribution in [0.5, 0.6) is 0 Å². The Labute approximate surface area is 160 Å². The number of rotatable bonds is 10. The van der Waals surface area contributed by atoms with Gasteiger partial charge in [0.1, 0.15) is 5.76 Å². The Morgan fingerprint density at radius 3 is 2.52 bits per heavy atom. The Morgan fingerprint density at radius 1 is 1.26 bits per heavy atom. The quantitative estimate of drug-likeness (QED) is 0.599. The van der Waals surface area contributed by atoms with Crippen LogP contribution in [0.4, 0.5) is 0 Å². The van der Waals surface area contributed by atoms with E-state index in [0.29, 0.717) is 24.2 Å². The number of methoxy groups -OCH3 is 1. The number of carboxylic acids is 1. The van der Waals surface area contributed by atoms with Crippen molar-refractivity contribution in [1.82, 2.24) is 5.16 Å². The van der Waals surface area contributed by atoms with Gasteiger partial charge in [-0.3, -0.25) is 9.59 Å². The first kappa shape index (κ1) is 19.9. The highest BCUT2D eigenvalue weighted by Gasteiger charge is 2.41. The van der Waals surface area contributed by atoms with Crippen LogP contribution in [0.1, 0.15) is 100.0 Å². The minimum atomic E-state index is -0.878. The summed E-state index contributed by atoms with van der Waals surface area (Å²) < 4.78 is 10.5. The van der Waals surface area contributed by atoms with Crippen molar-refractivity contribution in [2.75, 3.05) is 7.11 Å². The van der Waals surface area contributed by atoms with Gasteiger partial charge in [-0.05, 0) is 56.3 Å². The maximum atomic E-state index is 11.5. The summed E-state index contributed by atoms with van der Waals surface area (Å²) >= 11 is 0. The molecule has 27 heavy (non-hydrogen) atoms. The Morgan fingerprint density at radius 2 is 1.96 bits per heavy atom. The molecule has 6 nitrogen and oxygen atoms in total. The van der Waals surface area contributed by atoms with E-state index in [0.717, 1.165) is 48.6 Å². The molecule has 2 aliphatic rings. The number of ether oxygens (including phenoxy) is 1. The number of esters is 1. The fraction of sp³-hybridized carbons (Fsp3) is 0.762. The highest BCUT2D eigenvalue weighted by atomic mass is 16.5. The van der Waals surface area contributed by atoms with Gasteiger partial charge in [-0.25, -0.2) is 0 Å². The van der Waals surface area contributed by atoms with Gasteiger partial charge in [0.2, 0.25) is 0 Å². The van der Waals surface area contributed by atoms with E-state index in [1.54, 1.807) is 0 Å². The van der Waals surface area contributed by atoms with Crippen molar-refractivity contribution in [2.45, 2.75) is 83.0 Å². The van der Waals surface area contributed by atoms with Crippen molar-refractivity contribution in [3.05, 3.63) is 17.0 Å². The second kappa shape index (κ2) is 8.44. The van der Waals surface area contributed by atoms with Crippen LogP contribution in [0.3, 0.4) is 0 Å². The van der Waals surface area contributed by atoms with Crippen LogP contribution in [0, 0.1) is 11.8 Å². The largest absolute Gasteiger partial charge is 0.481 e. The molecule has 1 heterocycles. The number of carbonyl (C=O) groups excluding carboxylic acids is 1. The summed E-state index contributed by atoms with van der Waals surface area (Å²) in [5, 5.41) is 13.7. The summed E-state index contributed by atoms with van der Waals surface area (Å²) in [6.45, 7) is 4.51. The summed E-state index contributed by atoms with van der Waals surface area (Å²) in [5.41, 5.74) is 1.92. The van der Waals surface area contributed by atoms with E-state index >= 15 is 0 Å². The van der Waals surface area contributed by atoms with E-state index in [9.17, 15) is 14.7 Å². The molecular weight excluding hydrogens is 346 g/mol. The predicted molar refractivity (Wildman–Crippen MR) is 99.6 cm³/mol. The van der Waals surface area contributed by atoms with E-state index in [-0.39, 0.29) is 24.7 Å². The Hall–Kier alpha value is -1.85. The fourth-order valence-electron chi connectivity index (χ4n) is 4.44. The van der Waals surface area contributed by atoms with Crippen LogP contribution < -0.4 is 0 Å². The first-order valence-electron chi connectivity index (χ1n) is 10.2. The second-order valence-corrected chi connectivity index (χ2v) is 8.69. The van der Waals surface area contributed by atoms with Crippen molar-refractivity contribution in [1.29, 1.82) is 0 Å². The van der Waals surface area contributed by atoms with Crippen molar-refractivity contribution >= 4 is 11.9 Å². The molecule has 0 spiro atoms. The zero-order chi connectivity index (χ0) is 19.6. The van der Waals surface area contributed by atoms with Gasteiger partial charge in [0.05, 0.1) is 19.2 Å². The summed E-state index contributed by atoms with van der Waals surface area (Å²) in [7, 11) is 1.35. The number of carboxylic acid groups (broad SMARTS) is 1. The molecule has 1 aromatic rings. The van der Waals surface area contributed by atoms with Gasteiger partial charge in [0, 0.05) is 23.8 Å². The molecule has 0 amide bonds. The van der Waals surface area contributed by atoms with Crippen LogP contribution in [-0.2, 0) is 14.3 Å². The predicted octanol–water partition coefficient (Wildman–Crippen LogP) is 4.60. The van der Waals surface area contributed by atoms with Gasteiger partial charge in [-0.1, -0.05) is 19.0 Å². The van der Waals surface area contributed by atoms with Gasteiger partial charge < -0.3 is 14.4 Å². The topological polar surface area (TPSA) is 89.6 Å². The van der Waals surface area contributed by atoms with E-state index < -0.39 is 5.97 Å². The summed E-state index contributed by atoms with van der Waals surface area (Å²) in [6.07, 6.45) is 6.32. The average molecular weight is 377 g/mol. The van der Waals surface area contributed by atoms with Gasteiger partial charge in [-0.15, -0.1) is 0 Å². The lowest BCUT2D eigenvalue weighted by Crippen LogP contribution is -2.23.